The molecular formula is C21H25FN2O. The fourth-order valence-corrected chi connectivity index (χ4v) is 3.45. The molecule has 3 nitrogen and oxygen atoms in total. The Hall–Kier alpha value is -2.20. The number of carbonyl (C=O) groups is 1. The Morgan fingerprint density at radius 1 is 1.20 bits per heavy atom. The van der Waals surface area contributed by atoms with Crippen molar-refractivity contribution >= 4 is 5.91 Å². The zero-order valence-electron chi connectivity index (χ0n) is 14.7. The monoisotopic (exact) mass is 340 g/mol. The number of amides is 1. The topological polar surface area (TPSA) is 32.3 Å². The normalized spacial score (nSPS) is 17.3. The van der Waals surface area contributed by atoms with Crippen molar-refractivity contribution in [3.8, 4) is 0 Å². The molecule has 1 saturated heterocycles. The van der Waals surface area contributed by atoms with Crippen LogP contribution in [0.25, 0.3) is 0 Å². The minimum atomic E-state index is -0.174. The standard InChI is InChI=1S/C21H25FN2O/c1-16-5-4-6-17(13-16)15-24-19(9-10-21(24)25)11-12-23-14-18-7-2-3-8-20(18)22/h2-8,13,19,23H,9-12,14-15H2,1H3/t19-/m1/s1. The molecule has 0 aromatic heterocycles. The average molecular weight is 340 g/mol. The molecule has 1 amide bonds. The molecular weight excluding hydrogens is 315 g/mol. The van der Waals surface area contributed by atoms with E-state index in [0.717, 1.165) is 19.4 Å². The van der Waals surface area contributed by atoms with Gasteiger partial charge in [0.1, 0.15) is 5.82 Å². The Kier molecular flexibility index (Phi) is 5.82. The number of carbonyl (C=O) groups excluding carboxylic acids is 1. The van der Waals surface area contributed by atoms with Gasteiger partial charge in [0.15, 0.2) is 0 Å². The first kappa shape index (κ1) is 17.6. The number of rotatable bonds is 7. The molecule has 0 bridgehead atoms. The van der Waals surface area contributed by atoms with Crippen molar-refractivity contribution in [3.63, 3.8) is 0 Å². The lowest BCUT2D eigenvalue weighted by Crippen LogP contribution is -2.34. The number of hydrogen-bond acceptors (Lipinski definition) is 2. The zero-order chi connectivity index (χ0) is 17.6. The Morgan fingerprint density at radius 3 is 2.84 bits per heavy atom. The summed E-state index contributed by atoms with van der Waals surface area (Å²) in [6, 6.07) is 15.4. The fraction of sp³-hybridized carbons (Fsp3) is 0.381. The number of nitrogens with one attached hydrogen (secondary N) is 1. The van der Waals surface area contributed by atoms with E-state index < -0.39 is 0 Å². The maximum absolute atomic E-state index is 13.6. The molecule has 1 heterocycles. The van der Waals surface area contributed by atoms with Gasteiger partial charge in [-0.05, 0) is 37.9 Å². The van der Waals surface area contributed by atoms with Crippen LogP contribution in [-0.2, 0) is 17.9 Å². The van der Waals surface area contributed by atoms with Gasteiger partial charge in [0.2, 0.25) is 5.91 Å². The maximum atomic E-state index is 13.6. The minimum Gasteiger partial charge on any atom is -0.335 e. The van der Waals surface area contributed by atoms with Gasteiger partial charge in [-0.15, -0.1) is 0 Å². The highest BCUT2D eigenvalue weighted by molar-refractivity contribution is 5.78. The molecule has 2 aromatic rings. The molecule has 0 radical (unpaired) electrons. The lowest BCUT2D eigenvalue weighted by Gasteiger charge is -2.25. The van der Waals surface area contributed by atoms with Crippen molar-refractivity contribution in [2.45, 2.75) is 45.3 Å². The Labute approximate surface area is 148 Å². The van der Waals surface area contributed by atoms with Crippen molar-refractivity contribution in [1.29, 1.82) is 0 Å². The number of likely N-dealkylation sites (tertiary alicyclic amines) is 1. The van der Waals surface area contributed by atoms with Crippen molar-refractivity contribution in [1.82, 2.24) is 10.2 Å². The number of aryl methyl sites for hydroxylation is 1. The van der Waals surface area contributed by atoms with Gasteiger partial charge in [0.25, 0.3) is 0 Å². The average Bonchev–Trinajstić information content (AvgIpc) is 2.93. The highest BCUT2D eigenvalue weighted by Crippen LogP contribution is 2.24. The van der Waals surface area contributed by atoms with E-state index in [1.807, 2.05) is 17.0 Å². The molecule has 0 aliphatic carbocycles. The molecule has 0 unspecified atom stereocenters. The molecule has 1 N–H and O–H groups in total. The third-order valence-electron chi connectivity index (χ3n) is 4.82. The lowest BCUT2D eigenvalue weighted by molar-refractivity contribution is -0.129. The van der Waals surface area contributed by atoms with E-state index in [2.05, 4.69) is 30.4 Å². The summed E-state index contributed by atoms with van der Waals surface area (Å²) in [6.45, 7) is 4.04. The molecule has 1 atom stereocenters. The third kappa shape index (κ3) is 4.67. The number of benzene rings is 2. The van der Waals surface area contributed by atoms with Crippen LogP contribution >= 0.6 is 0 Å². The first-order chi connectivity index (χ1) is 12.1. The van der Waals surface area contributed by atoms with Crippen LogP contribution in [0.1, 0.15) is 36.0 Å². The van der Waals surface area contributed by atoms with Gasteiger partial charge in [-0.25, -0.2) is 4.39 Å². The van der Waals surface area contributed by atoms with E-state index in [1.165, 1.54) is 17.2 Å². The van der Waals surface area contributed by atoms with Crippen LogP contribution in [0.4, 0.5) is 4.39 Å². The van der Waals surface area contributed by atoms with Crippen LogP contribution in [0.3, 0.4) is 0 Å². The molecule has 0 spiro atoms. The predicted octanol–water partition coefficient (Wildman–Crippen LogP) is 3.81. The Morgan fingerprint density at radius 2 is 2.04 bits per heavy atom. The molecule has 1 fully saturated rings. The van der Waals surface area contributed by atoms with Crippen LogP contribution < -0.4 is 5.32 Å². The second-order valence-electron chi connectivity index (χ2n) is 6.76. The molecule has 25 heavy (non-hydrogen) atoms. The Balaban J connectivity index is 1.51. The van der Waals surface area contributed by atoms with E-state index in [1.54, 1.807) is 12.1 Å². The Bertz CT molecular complexity index is 731. The molecule has 0 saturated carbocycles. The largest absolute Gasteiger partial charge is 0.335 e. The van der Waals surface area contributed by atoms with Gasteiger partial charge in [0, 0.05) is 31.1 Å². The molecule has 2 aromatic carbocycles. The number of hydrogen-bond donors (Lipinski definition) is 1. The van der Waals surface area contributed by atoms with Gasteiger partial charge in [-0.3, -0.25) is 4.79 Å². The summed E-state index contributed by atoms with van der Waals surface area (Å²) >= 11 is 0. The van der Waals surface area contributed by atoms with Gasteiger partial charge in [0.05, 0.1) is 0 Å². The molecule has 1 aliphatic heterocycles. The van der Waals surface area contributed by atoms with E-state index in [-0.39, 0.29) is 17.8 Å². The second kappa shape index (κ2) is 8.26. The predicted molar refractivity (Wildman–Crippen MR) is 97.5 cm³/mol. The summed E-state index contributed by atoms with van der Waals surface area (Å²) in [5.41, 5.74) is 3.08. The number of halogens is 1. The molecule has 4 heteroatoms. The smallest absolute Gasteiger partial charge is 0.223 e. The van der Waals surface area contributed by atoms with Crippen molar-refractivity contribution in [2.24, 2.45) is 0 Å². The van der Waals surface area contributed by atoms with E-state index in [4.69, 9.17) is 0 Å². The second-order valence-corrected chi connectivity index (χ2v) is 6.76. The summed E-state index contributed by atoms with van der Waals surface area (Å²) in [5, 5.41) is 3.30. The van der Waals surface area contributed by atoms with Gasteiger partial charge in [-0.1, -0.05) is 48.0 Å². The summed E-state index contributed by atoms with van der Waals surface area (Å²) in [6.07, 6.45) is 2.43. The van der Waals surface area contributed by atoms with Crippen LogP contribution in [0, 0.1) is 12.7 Å². The third-order valence-corrected chi connectivity index (χ3v) is 4.82. The fourth-order valence-electron chi connectivity index (χ4n) is 3.45. The van der Waals surface area contributed by atoms with Crippen LogP contribution in [0.5, 0.6) is 0 Å². The highest BCUT2D eigenvalue weighted by atomic mass is 19.1. The molecule has 1 aliphatic rings. The molecule has 3 rings (SSSR count). The summed E-state index contributed by atoms with van der Waals surface area (Å²) in [7, 11) is 0. The summed E-state index contributed by atoms with van der Waals surface area (Å²) < 4.78 is 13.6. The van der Waals surface area contributed by atoms with E-state index >= 15 is 0 Å². The quantitative estimate of drug-likeness (QED) is 0.778. The van der Waals surface area contributed by atoms with Crippen molar-refractivity contribution in [2.75, 3.05) is 6.54 Å². The minimum absolute atomic E-state index is 0.174. The van der Waals surface area contributed by atoms with E-state index in [9.17, 15) is 9.18 Å². The van der Waals surface area contributed by atoms with Crippen LogP contribution in [0.15, 0.2) is 48.5 Å². The van der Waals surface area contributed by atoms with Gasteiger partial charge >= 0.3 is 0 Å². The summed E-state index contributed by atoms with van der Waals surface area (Å²) in [5.74, 6) is 0.0627. The SMILES string of the molecule is Cc1cccc(CN2C(=O)CC[C@@H]2CCNCc2ccccc2F)c1. The van der Waals surface area contributed by atoms with Gasteiger partial charge in [-0.2, -0.15) is 0 Å². The highest BCUT2D eigenvalue weighted by Gasteiger charge is 2.30. The van der Waals surface area contributed by atoms with E-state index in [0.29, 0.717) is 25.1 Å². The number of nitrogens with zero attached hydrogens (tertiary/aromatic N) is 1. The molecule has 132 valence electrons. The maximum Gasteiger partial charge on any atom is 0.223 e. The van der Waals surface area contributed by atoms with Crippen molar-refractivity contribution < 1.29 is 9.18 Å². The van der Waals surface area contributed by atoms with Gasteiger partial charge < -0.3 is 10.2 Å². The van der Waals surface area contributed by atoms with Crippen LogP contribution in [0.2, 0.25) is 0 Å². The summed E-state index contributed by atoms with van der Waals surface area (Å²) in [4.78, 5) is 14.2. The first-order valence-corrected chi connectivity index (χ1v) is 8.92. The van der Waals surface area contributed by atoms with Crippen molar-refractivity contribution in [3.05, 3.63) is 71.0 Å². The van der Waals surface area contributed by atoms with Crippen LogP contribution in [-0.4, -0.2) is 23.4 Å². The zero-order valence-corrected chi connectivity index (χ0v) is 14.7. The lowest BCUT2D eigenvalue weighted by atomic mass is 10.1. The first-order valence-electron chi connectivity index (χ1n) is 8.92.